The summed E-state index contributed by atoms with van der Waals surface area (Å²) in [5, 5.41) is 0. The maximum Gasteiger partial charge on any atom is 0.0550 e. The molecule has 2 rings (SSSR count). The zero-order chi connectivity index (χ0) is 9.97. The molecule has 1 aliphatic rings. The zero-order valence-electron chi connectivity index (χ0n) is 8.50. The van der Waals surface area contributed by atoms with E-state index in [0.29, 0.717) is 11.6 Å². The van der Waals surface area contributed by atoms with Gasteiger partial charge >= 0.3 is 0 Å². The molecule has 0 spiro atoms. The normalized spacial score (nSPS) is 18.3. The van der Waals surface area contributed by atoms with Gasteiger partial charge in [-0.15, -0.1) is 0 Å². The summed E-state index contributed by atoms with van der Waals surface area (Å²) in [7, 11) is 0. The molecule has 0 radical (unpaired) electrons. The second-order valence-electron chi connectivity index (χ2n) is 4.22. The van der Waals surface area contributed by atoms with Crippen molar-refractivity contribution < 1.29 is 0 Å². The van der Waals surface area contributed by atoms with Gasteiger partial charge in [-0.3, -0.25) is 0 Å². The van der Waals surface area contributed by atoms with Gasteiger partial charge in [0.1, 0.15) is 0 Å². The number of nitrogen functional groups attached to an aromatic ring is 2. The summed E-state index contributed by atoms with van der Waals surface area (Å²) in [6, 6.07) is 6.10. The maximum absolute atomic E-state index is 5.80. The molecule has 2 heteroatoms. The van der Waals surface area contributed by atoms with Crippen molar-refractivity contribution in [1.29, 1.82) is 0 Å². The fourth-order valence-electron chi connectivity index (χ4n) is 2.28. The largest absolute Gasteiger partial charge is 0.397 e. The van der Waals surface area contributed by atoms with E-state index in [2.05, 4.69) is 6.07 Å². The number of nitrogens with two attached hydrogens (primary N) is 2. The molecule has 1 aliphatic carbocycles. The zero-order valence-corrected chi connectivity index (χ0v) is 8.50. The summed E-state index contributed by atoms with van der Waals surface area (Å²) in [5.41, 5.74) is 14.3. The Kier molecular flexibility index (Phi) is 2.62. The predicted molar refractivity (Wildman–Crippen MR) is 61.1 cm³/mol. The Morgan fingerprint density at radius 2 is 1.64 bits per heavy atom. The van der Waals surface area contributed by atoms with Crippen LogP contribution >= 0.6 is 0 Å². The lowest BCUT2D eigenvalue weighted by molar-refractivity contribution is 0.444. The van der Waals surface area contributed by atoms with Gasteiger partial charge in [-0.25, -0.2) is 0 Å². The van der Waals surface area contributed by atoms with Crippen LogP contribution in [0.1, 0.15) is 43.6 Å². The van der Waals surface area contributed by atoms with Gasteiger partial charge in [0.05, 0.1) is 11.4 Å². The van der Waals surface area contributed by atoms with Crippen LogP contribution in [-0.2, 0) is 0 Å². The highest BCUT2D eigenvalue weighted by atomic mass is 14.7. The van der Waals surface area contributed by atoms with E-state index in [-0.39, 0.29) is 0 Å². The molecule has 0 bridgehead atoms. The van der Waals surface area contributed by atoms with Crippen molar-refractivity contribution in [1.82, 2.24) is 0 Å². The Hall–Kier alpha value is -1.18. The standard InChI is InChI=1S/C12H18N2/c13-11-7-6-10(8-12(11)14)9-4-2-1-3-5-9/h6-9H,1-5,13-14H2. The third-order valence-corrected chi connectivity index (χ3v) is 3.19. The summed E-state index contributed by atoms with van der Waals surface area (Å²) in [5.74, 6) is 0.714. The topological polar surface area (TPSA) is 52.0 Å². The van der Waals surface area contributed by atoms with Crippen molar-refractivity contribution in [2.75, 3.05) is 11.5 Å². The molecular weight excluding hydrogens is 172 g/mol. The fraction of sp³-hybridized carbons (Fsp3) is 0.500. The summed E-state index contributed by atoms with van der Waals surface area (Å²) in [6.07, 6.45) is 6.72. The molecule has 0 aliphatic heterocycles. The summed E-state index contributed by atoms with van der Waals surface area (Å²) in [4.78, 5) is 0. The van der Waals surface area contributed by atoms with E-state index in [9.17, 15) is 0 Å². The summed E-state index contributed by atoms with van der Waals surface area (Å²) < 4.78 is 0. The van der Waals surface area contributed by atoms with Crippen molar-refractivity contribution in [3.05, 3.63) is 23.8 Å². The van der Waals surface area contributed by atoms with Crippen molar-refractivity contribution in [2.24, 2.45) is 0 Å². The minimum Gasteiger partial charge on any atom is -0.397 e. The molecule has 1 saturated carbocycles. The van der Waals surface area contributed by atoms with E-state index in [1.807, 2.05) is 12.1 Å². The summed E-state index contributed by atoms with van der Waals surface area (Å²) in [6.45, 7) is 0. The minimum absolute atomic E-state index is 0.699. The third-order valence-electron chi connectivity index (χ3n) is 3.19. The highest BCUT2D eigenvalue weighted by Gasteiger charge is 2.15. The van der Waals surface area contributed by atoms with Crippen LogP contribution in [0, 0.1) is 0 Å². The Morgan fingerprint density at radius 3 is 2.29 bits per heavy atom. The molecule has 76 valence electrons. The molecule has 2 nitrogen and oxygen atoms in total. The van der Waals surface area contributed by atoms with Crippen LogP contribution in [0.2, 0.25) is 0 Å². The van der Waals surface area contributed by atoms with Gasteiger partial charge in [0.15, 0.2) is 0 Å². The van der Waals surface area contributed by atoms with Crippen LogP contribution in [0.15, 0.2) is 18.2 Å². The minimum atomic E-state index is 0.699. The lowest BCUT2D eigenvalue weighted by atomic mass is 9.84. The molecule has 0 saturated heterocycles. The fourth-order valence-corrected chi connectivity index (χ4v) is 2.28. The SMILES string of the molecule is Nc1ccc(C2CCCCC2)cc1N. The number of hydrogen-bond acceptors (Lipinski definition) is 2. The number of anilines is 2. The van der Waals surface area contributed by atoms with Gasteiger partial charge in [0, 0.05) is 0 Å². The lowest BCUT2D eigenvalue weighted by Crippen LogP contribution is -2.05. The predicted octanol–water partition coefficient (Wildman–Crippen LogP) is 2.90. The second kappa shape index (κ2) is 3.91. The van der Waals surface area contributed by atoms with E-state index >= 15 is 0 Å². The van der Waals surface area contributed by atoms with Crippen LogP contribution in [0.4, 0.5) is 11.4 Å². The van der Waals surface area contributed by atoms with Crippen LogP contribution in [0.25, 0.3) is 0 Å². The first-order valence-corrected chi connectivity index (χ1v) is 5.42. The molecule has 0 heterocycles. The van der Waals surface area contributed by atoms with Gasteiger partial charge in [-0.05, 0) is 36.5 Å². The van der Waals surface area contributed by atoms with Gasteiger partial charge in [-0.1, -0.05) is 25.3 Å². The Labute approximate surface area is 85.3 Å². The van der Waals surface area contributed by atoms with Crippen molar-refractivity contribution in [3.8, 4) is 0 Å². The van der Waals surface area contributed by atoms with Crippen molar-refractivity contribution >= 4 is 11.4 Å². The van der Waals surface area contributed by atoms with Gasteiger partial charge in [0.2, 0.25) is 0 Å². The Balaban J connectivity index is 2.18. The van der Waals surface area contributed by atoms with Gasteiger partial charge < -0.3 is 11.5 Å². The third kappa shape index (κ3) is 1.84. The van der Waals surface area contributed by atoms with E-state index in [4.69, 9.17) is 11.5 Å². The summed E-state index contributed by atoms with van der Waals surface area (Å²) >= 11 is 0. The highest BCUT2D eigenvalue weighted by molar-refractivity contribution is 5.64. The van der Waals surface area contributed by atoms with Crippen LogP contribution in [0.3, 0.4) is 0 Å². The molecule has 0 aromatic heterocycles. The molecule has 1 aromatic rings. The average molecular weight is 190 g/mol. The van der Waals surface area contributed by atoms with Gasteiger partial charge in [-0.2, -0.15) is 0 Å². The molecule has 0 atom stereocenters. The molecule has 0 amide bonds. The monoisotopic (exact) mass is 190 g/mol. The number of rotatable bonds is 1. The number of hydrogen-bond donors (Lipinski definition) is 2. The smallest absolute Gasteiger partial charge is 0.0550 e. The first-order valence-electron chi connectivity index (χ1n) is 5.42. The molecule has 1 aromatic carbocycles. The van der Waals surface area contributed by atoms with E-state index < -0.39 is 0 Å². The van der Waals surface area contributed by atoms with Crippen molar-refractivity contribution in [3.63, 3.8) is 0 Å². The second-order valence-corrected chi connectivity index (χ2v) is 4.22. The molecule has 1 fully saturated rings. The van der Waals surface area contributed by atoms with E-state index in [1.165, 1.54) is 37.7 Å². The molecule has 0 unspecified atom stereocenters. The van der Waals surface area contributed by atoms with E-state index in [0.717, 1.165) is 5.69 Å². The average Bonchev–Trinajstić information content (AvgIpc) is 2.23. The highest BCUT2D eigenvalue weighted by Crippen LogP contribution is 2.34. The van der Waals surface area contributed by atoms with Crippen LogP contribution < -0.4 is 11.5 Å². The maximum atomic E-state index is 5.80. The molecule has 4 N–H and O–H groups in total. The number of benzene rings is 1. The first kappa shape index (κ1) is 9.38. The van der Waals surface area contributed by atoms with Gasteiger partial charge in [0.25, 0.3) is 0 Å². The first-order chi connectivity index (χ1) is 6.77. The van der Waals surface area contributed by atoms with Crippen LogP contribution in [-0.4, -0.2) is 0 Å². The molecule has 14 heavy (non-hydrogen) atoms. The van der Waals surface area contributed by atoms with E-state index in [1.54, 1.807) is 0 Å². The molecular formula is C12H18N2. The Morgan fingerprint density at radius 1 is 0.929 bits per heavy atom. The van der Waals surface area contributed by atoms with Crippen LogP contribution in [0.5, 0.6) is 0 Å². The lowest BCUT2D eigenvalue weighted by Gasteiger charge is -2.22. The Bertz CT molecular complexity index is 314. The van der Waals surface area contributed by atoms with Crippen molar-refractivity contribution in [2.45, 2.75) is 38.0 Å². The quantitative estimate of drug-likeness (QED) is 0.669.